The van der Waals surface area contributed by atoms with Gasteiger partial charge in [-0.25, -0.2) is 9.78 Å². The van der Waals surface area contributed by atoms with Crippen molar-refractivity contribution in [3.05, 3.63) is 12.1 Å². The van der Waals surface area contributed by atoms with Gasteiger partial charge in [-0.3, -0.25) is 9.69 Å². The van der Waals surface area contributed by atoms with E-state index >= 15 is 0 Å². The Bertz CT molecular complexity index is 658. The number of nitrogen functional groups attached to an aromatic ring is 1. The molecule has 2 heterocycles. The smallest absolute Gasteiger partial charge is 0.329 e. The summed E-state index contributed by atoms with van der Waals surface area (Å²) in [6.07, 6.45) is 4.79. The fourth-order valence-electron chi connectivity index (χ4n) is 3.44. The maximum atomic E-state index is 12.8. The molecular weight excluding hydrogens is 322 g/mol. The zero-order valence-corrected chi connectivity index (χ0v) is 14.7. The number of amides is 1. The minimum Gasteiger partial charge on any atom is -0.477 e. The standard InChI is InChI=1S/C18H25N3O4/c1-3-13(18(23)25-12-7-5-4-6-8-12)21-16-14(9-10-15(19)20-16)24-11(2)17(21)22/h9-13H,3-8H2,1-2H3,(H2,19,20). The monoisotopic (exact) mass is 347 g/mol. The molecule has 1 fully saturated rings. The molecule has 0 radical (unpaired) electrons. The highest BCUT2D eigenvalue weighted by Crippen LogP contribution is 2.35. The van der Waals surface area contributed by atoms with Crippen LogP contribution in [0.3, 0.4) is 0 Å². The topological polar surface area (TPSA) is 94.8 Å². The number of pyridine rings is 1. The predicted octanol–water partition coefficient (Wildman–Crippen LogP) is 2.43. The Labute approximate surface area is 147 Å². The van der Waals surface area contributed by atoms with Gasteiger partial charge in [-0.05, 0) is 51.2 Å². The van der Waals surface area contributed by atoms with Crippen molar-refractivity contribution in [1.82, 2.24) is 4.98 Å². The van der Waals surface area contributed by atoms with Crippen LogP contribution in [0.25, 0.3) is 0 Å². The molecule has 2 atom stereocenters. The normalized spacial score (nSPS) is 22.1. The molecule has 25 heavy (non-hydrogen) atoms. The molecule has 0 saturated heterocycles. The number of nitrogens with two attached hydrogens (primary N) is 1. The average Bonchev–Trinajstić information content (AvgIpc) is 2.60. The molecule has 2 aliphatic rings. The molecule has 1 saturated carbocycles. The first-order chi connectivity index (χ1) is 12.0. The van der Waals surface area contributed by atoms with Gasteiger partial charge in [-0.2, -0.15) is 0 Å². The number of hydrogen-bond donors (Lipinski definition) is 1. The van der Waals surface area contributed by atoms with Crippen molar-refractivity contribution in [2.45, 2.75) is 70.6 Å². The van der Waals surface area contributed by atoms with Gasteiger partial charge in [0.15, 0.2) is 17.7 Å². The molecule has 1 aliphatic heterocycles. The Hall–Kier alpha value is -2.31. The number of carbonyl (C=O) groups excluding carboxylic acids is 2. The summed E-state index contributed by atoms with van der Waals surface area (Å²) < 4.78 is 11.3. The Balaban J connectivity index is 1.87. The van der Waals surface area contributed by atoms with Crippen LogP contribution in [-0.4, -0.2) is 35.1 Å². The molecule has 7 nitrogen and oxygen atoms in total. The lowest BCUT2D eigenvalue weighted by molar-refractivity contribution is -0.153. The van der Waals surface area contributed by atoms with Gasteiger partial charge in [0.05, 0.1) is 0 Å². The van der Waals surface area contributed by atoms with E-state index in [-0.39, 0.29) is 29.6 Å². The summed E-state index contributed by atoms with van der Waals surface area (Å²) in [6.45, 7) is 3.51. The lowest BCUT2D eigenvalue weighted by Crippen LogP contribution is -2.53. The molecule has 3 rings (SSSR count). The fourth-order valence-corrected chi connectivity index (χ4v) is 3.44. The maximum absolute atomic E-state index is 12.8. The Morgan fingerprint density at radius 1 is 1.40 bits per heavy atom. The molecule has 1 aromatic rings. The van der Waals surface area contributed by atoms with Crippen LogP contribution in [0.4, 0.5) is 11.6 Å². The average molecular weight is 347 g/mol. The van der Waals surface area contributed by atoms with Crippen molar-refractivity contribution in [1.29, 1.82) is 0 Å². The molecule has 1 aliphatic carbocycles. The number of nitrogens with zero attached hydrogens (tertiary/aromatic N) is 2. The summed E-state index contributed by atoms with van der Waals surface area (Å²) in [5.41, 5.74) is 5.77. The minimum atomic E-state index is -0.728. The number of aromatic nitrogens is 1. The predicted molar refractivity (Wildman–Crippen MR) is 93.3 cm³/mol. The molecule has 2 unspecified atom stereocenters. The molecule has 136 valence electrons. The van der Waals surface area contributed by atoms with Gasteiger partial charge in [0.2, 0.25) is 0 Å². The highest BCUT2D eigenvalue weighted by molar-refractivity contribution is 6.03. The number of rotatable bonds is 4. The van der Waals surface area contributed by atoms with Gasteiger partial charge in [0.1, 0.15) is 18.0 Å². The van der Waals surface area contributed by atoms with Crippen LogP contribution >= 0.6 is 0 Å². The van der Waals surface area contributed by atoms with E-state index in [1.54, 1.807) is 19.1 Å². The van der Waals surface area contributed by atoms with E-state index in [9.17, 15) is 9.59 Å². The molecule has 1 amide bonds. The van der Waals surface area contributed by atoms with E-state index in [1.165, 1.54) is 11.3 Å². The van der Waals surface area contributed by atoms with Crippen molar-refractivity contribution in [3.8, 4) is 5.75 Å². The number of anilines is 2. The van der Waals surface area contributed by atoms with Crippen LogP contribution < -0.4 is 15.4 Å². The molecule has 0 bridgehead atoms. The van der Waals surface area contributed by atoms with Crippen LogP contribution in [0.1, 0.15) is 52.4 Å². The molecule has 1 aromatic heterocycles. The van der Waals surface area contributed by atoms with Crippen molar-refractivity contribution >= 4 is 23.5 Å². The zero-order valence-electron chi connectivity index (χ0n) is 14.7. The summed E-state index contributed by atoms with van der Waals surface area (Å²) >= 11 is 0. The van der Waals surface area contributed by atoms with Crippen molar-refractivity contribution < 1.29 is 19.1 Å². The number of carbonyl (C=O) groups is 2. The van der Waals surface area contributed by atoms with Gasteiger partial charge in [0, 0.05) is 0 Å². The second-order valence-corrected chi connectivity index (χ2v) is 6.65. The highest BCUT2D eigenvalue weighted by atomic mass is 16.5. The molecule has 0 spiro atoms. The van der Waals surface area contributed by atoms with E-state index in [2.05, 4.69) is 4.98 Å². The SMILES string of the molecule is CCC(C(=O)OC1CCCCC1)N1C(=O)C(C)Oc2ccc(N)nc21. The van der Waals surface area contributed by atoms with Crippen molar-refractivity contribution in [3.63, 3.8) is 0 Å². The third-order valence-electron chi connectivity index (χ3n) is 4.78. The quantitative estimate of drug-likeness (QED) is 0.841. The Morgan fingerprint density at radius 3 is 2.80 bits per heavy atom. The molecule has 2 N–H and O–H groups in total. The zero-order chi connectivity index (χ0) is 18.0. The van der Waals surface area contributed by atoms with Gasteiger partial charge in [-0.1, -0.05) is 13.3 Å². The Morgan fingerprint density at radius 2 is 2.12 bits per heavy atom. The van der Waals surface area contributed by atoms with E-state index in [4.69, 9.17) is 15.2 Å². The van der Waals surface area contributed by atoms with E-state index in [0.717, 1.165) is 25.7 Å². The third-order valence-corrected chi connectivity index (χ3v) is 4.78. The number of hydrogen-bond acceptors (Lipinski definition) is 6. The van der Waals surface area contributed by atoms with Crippen molar-refractivity contribution in [2.24, 2.45) is 0 Å². The van der Waals surface area contributed by atoms with E-state index in [0.29, 0.717) is 12.2 Å². The molecule has 0 aromatic carbocycles. The molecule has 7 heteroatoms. The van der Waals surface area contributed by atoms with Gasteiger partial charge >= 0.3 is 5.97 Å². The van der Waals surface area contributed by atoms with Gasteiger partial charge in [-0.15, -0.1) is 0 Å². The van der Waals surface area contributed by atoms with E-state index in [1.807, 2.05) is 6.92 Å². The fraction of sp³-hybridized carbons (Fsp3) is 0.611. The Kier molecular flexibility index (Phi) is 5.11. The molecular formula is C18H25N3O4. The third kappa shape index (κ3) is 3.55. The van der Waals surface area contributed by atoms with Gasteiger partial charge < -0.3 is 15.2 Å². The largest absolute Gasteiger partial charge is 0.477 e. The first-order valence-electron chi connectivity index (χ1n) is 8.98. The van der Waals surface area contributed by atoms with Crippen LogP contribution in [0.5, 0.6) is 5.75 Å². The first kappa shape index (κ1) is 17.5. The van der Waals surface area contributed by atoms with Crippen molar-refractivity contribution in [2.75, 3.05) is 10.6 Å². The number of esters is 1. The van der Waals surface area contributed by atoms with E-state index < -0.39 is 12.1 Å². The lowest BCUT2D eigenvalue weighted by atomic mass is 9.97. The van der Waals surface area contributed by atoms with Crippen LogP contribution in [-0.2, 0) is 14.3 Å². The maximum Gasteiger partial charge on any atom is 0.329 e. The number of fused-ring (bicyclic) bond motifs is 1. The summed E-state index contributed by atoms with van der Waals surface area (Å²) in [5.74, 6) is 0.316. The first-order valence-corrected chi connectivity index (χ1v) is 8.98. The number of ether oxygens (including phenoxy) is 2. The lowest BCUT2D eigenvalue weighted by Gasteiger charge is -2.36. The van der Waals surface area contributed by atoms with Crippen LogP contribution in [0, 0.1) is 0 Å². The minimum absolute atomic E-state index is 0.0582. The summed E-state index contributed by atoms with van der Waals surface area (Å²) in [7, 11) is 0. The van der Waals surface area contributed by atoms with Crippen LogP contribution in [0.15, 0.2) is 12.1 Å². The van der Waals surface area contributed by atoms with Crippen LogP contribution in [0.2, 0.25) is 0 Å². The highest BCUT2D eigenvalue weighted by Gasteiger charge is 2.41. The van der Waals surface area contributed by atoms with Gasteiger partial charge in [0.25, 0.3) is 5.91 Å². The summed E-state index contributed by atoms with van der Waals surface area (Å²) in [6, 6.07) is 2.56. The summed E-state index contributed by atoms with van der Waals surface area (Å²) in [5, 5.41) is 0. The second kappa shape index (κ2) is 7.29. The summed E-state index contributed by atoms with van der Waals surface area (Å²) in [4.78, 5) is 31.1. The second-order valence-electron chi connectivity index (χ2n) is 6.65.